The second-order valence-corrected chi connectivity index (χ2v) is 4.05. The van der Waals surface area contributed by atoms with Crippen LogP contribution in [-0.2, 0) is 0 Å². The van der Waals surface area contributed by atoms with Crippen LogP contribution < -0.4 is 14.8 Å². The Morgan fingerprint density at radius 2 is 2.00 bits per heavy atom. The molecule has 0 aromatic heterocycles. The van der Waals surface area contributed by atoms with E-state index in [1.807, 2.05) is 0 Å². The van der Waals surface area contributed by atoms with Gasteiger partial charge in [-0.05, 0) is 18.2 Å². The Bertz CT molecular complexity index is 486. The zero-order valence-corrected chi connectivity index (χ0v) is 8.70. The maximum Gasteiger partial charge on any atom is 0.586 e. The van der Waals surface area contributed by atoms with E-state index in [4.69, 9.17) is 0 Å². The van der Waals surface area contributed by atoms with Gasteiger partial charge in [-0.2, -0.15) is 0 Å². The lowest BCUT2D eigenvalue weighted by molar-refractivity contribution is -0.286. The normalized spacial score (nSPS) is 21.1. The van der Waals surface area contributed by atoms with E-state index in [1.165, 1.54) is 18.2 Å². The molecule has 6 heteroatoms. The summed E-state index contributed by atoms with van der Waals surface area (Å²) in [6.07, 6.45) is -3.64. The third-order valence-corrected chi connectivity index (χ3v) is 2.84. The SMILES string of the molecule is O=C(c1ccc2c(c1)OC(F)(F)O2)C1CNC1. The van der Waals surface area contributed by atoms with Crippen molar-refractivity contribution in [2.24, 2.45) is 5.92 Å². The average molecular weight is 241 g/mol. The minimum absolute atomic E-state index is 0.0433. The van der Waals surface area contributed by atoms with Crippen LogP contribution in [0.5, 0.6) is 11.5 Å². The molecule has 2 aliphatic rings. The molecule has 1 N–H and O–H groups in total. The monoisotopic (exact) mass is 241 g/mol. The van der Waals surface area contributed by atoms with Gasteiger partial charge in [-0.3, -0.25) is 4.79 Å². The summed E-state index contributed by atoms with van der Waals surface area (Å²) in [4.78, 5) is 11.9. The Kier molecular flexibility index (Phi) is 2.09. The zero-order chi connectivity index (χ0) is 12.0. The van der Waals surface area contributed by atoms with Crippen molar-refractivity contribution in [1.29, 1.82) is 0 Å². The molecule has 2 aliphatic heterocycles. The highest BCUT2D eigenvalue weighted by Gasteiger charge is 2.43. The number of hydrogen-bond donors (Lipinski definition) is 1. The minimum Gasteiger partial charge on any atom is -0.395 e. The Hall–Kier alpha value is -1.69. The molecule has 3 rings (SSSR count). The molecule has 2 heterocycles. The fourth-order valence-corrected chi connectivity index (χ4v) is 1.81. The van der Waals surface area contributed by atoms with E-state index in [0.29, 0.717) is 18.7 Å². The van der Waals surface area contributed by atoms with E-state index in [2.05, 4.69) is 14.8 Å². The van der Waals surface area contributed by atoms with Gasteiger partial charge in [0.25, 0.3) is 0 Å². The minimum atomic E-state index is -3.64. The van der Waals surface area contributed by atoms with Gasteiger partial charge < -0.3 is 14.8 Å². The molecule has 0 bridgehead atoms. The highest BCUT2D eigenvalue weighted by Crippen LogP contribution is 2.41. The Morgan fingerprint density at radius 1 is 1.29 bits per heavy atom. The number of rotatable bonds is 2. The van der Waals surface area contributed by atoms with Crippen molar-refractivity contribution >= 4 is 5.78 Å². The molecule has 0 spiro atoms. The lowest BCUT2D eigenvalue weighted by Gasteiger charge is -2.25. The molecule has 4 nitrogen and oxygen atoms in total. The number of ketones is 1. The molecule has 90 valence electrons. The Balaban J connectivity index is 1.87. The quantitative estimate of drug-likeness (QED) is 0.795. The number of carbonyl (C=O) groups is 1. The second-order valence-electron chi connectivity index (χ2n) is 4.05. The van der Waals surface area contributed by atoms with Crippen molar-refractivity contribution in [3.63, 3.8) is 0 Å². The fraction of sp³-hybridized carbons (Fsp3) is 0.364. The fourth-order valence-electron chi connectivity index (χ4n) is 1.81. The molecule has 0 amide bonds. The lowest BCUT2D eigenvalue weighted by atomic mass is 9.93. The van der Waals surface area contributed by atoms with Crippen molar-refractivity contribution in [2.45, 2.75) is 6.29 Å². The van der Waals surface area contributed by atoms with E-state index >= 15 is 0 Å². The Labute approximate surface area is 95.5 Å². The molecule has 0 unspecified atom stereocenters. The van der Waals surface area contributed by atoms with Crippen LogP contribution in [0.4, 0.5) is 8.78 Å². The first kappa shape index (κ1) is 10.5. The number of hydrogen-bond acceptors (Lipinski definition) is 4. The summed E-state index contributed by atoms with van der Waals surface area (Å²) in [5.74, 6) is -0.271. The van der Waals surface area contributed by atoms with Crippen LogP contribution in [-0.4, -0.2) is 25.2 Å². The summed E-state index contributed by atoms with van der Waals surface area (Å²) in [5.41, 5.74) is 0.372. The number of fused-ring (bicyclic) bond motifs is 1. The first-order valence-electron chi connectivity index (χ1n) is 5.20. The molecule has 1 saturated heterocycles. The molecule has 0 radical (unpaired) electrons. The highest BCUT2D eigenvalue weighted by atomic mass is 19.3. The largest absolute Gasteiger partial charge is 0.586 e. The van der Waals surface area contributed by atoms with Gasteiger partial charge in [0.05, 0.1) is 0 Å². The van der Waals surface area contributed by atoms with Crippen molar-refractivity contribution in [1.82, 2.24) is 5.32 Å². The summed E-state index contributed by atoms with van der Waals surface area (Å²) < 4.78 is 34.1. The van der Waals surface area contributed by atoms with Crippen LogP contribution in [0.1, 0.15) is 10.4 Å². The number of alkyl halides is 2. The highest BCUT2D eigenvalue weighted by molar-refractivity contribution is 5.99. The number of ether oxygens (including phenoxy) is 2. The van der Waals surface area contributed by atoms with Gasteiger partial charge >= 0.3 is 6.29 Å². The Morgan fingerprint density at radius 3 is 2.65 bits per heavy atom. The van der Waals surface area contributed by atoms with Gasteiger partial charge in [-0.15, -0.1) is 8.78 Å². The third-order valence-electron chi connectivity index (χ3n) is 2.84. The summed E-state index contributed by atoms with van der Waals surface area (Å²) in [6, 6.07) is 4.11. The number of carbonyl (C=O) groups excluding carboxylic acids is 1. The molecule has 0 atom stereocenters. The standard InChI is InChI=1S/C11H9F2NO3/c12-11(13)16-8-2-1-6(3-9(8)17-11)10(15)7-4-14-5-7/h1-3,7,14H,4-5H2. The first-order chi connectivity index (χ1) is 8.05. The maximum atomic E-state index is 12.8. The molecule has 17 heavy (non-hydrogen) atoms. The molecule has 0 saturated carbocycles. The van der Waals surface area contributed by atoms with Crippen molar-refractivity contribution in [3.05, 3.63) is 23.8 Å². The number of benzene rings is 1. The van der Waals surface area contributed by atoms with Crippen LogP contribution in [0.25, 0.3) is 0 Å². The smallest absolute Gasteiger partial charge is 0.395 e. The van der Waals surface area contributed by atoms with Gasteiger partial charge in [0.1, 0.15) is 0 Å². The van der Waals surface area contributed by atoms with Gasteiger partial charge in [0, 0.05) is 24.6 Å². The number of Topliss-reactive ketones (excluding diaryl/α,β-unsaturated/α-hetero) is 1. The topological polar surface area (TPSA) is 47.6 Å². The van der Waals surface area contributed by atoms with E-state index in [9.17, 15) is 13.6 Å². The number of nitrogens with one attached hydrogen (secondary N) is 1. The van der Waals surface area contributed by atoms with Crippen LogP contribution in [0.2, 0.25) is 0 Å². The van der Waals surface area contributed by atoms with E-state index in [1.54, 1.807) is 0 Å². The van der Waals surface area contributed by atoms with Crippen molar-refractivity contribution in [2.75, 3.05) is 13.1 Å². The van der Waals surface area contributed by atoms with Gasteiger partial charge in [0.2, 0.25) is 0 Å². The number of halogens is 2. The molecule has 1 aromatic rings. The third kappa shape index (κ3) is 1.74. The summed E-state index contributed by atoms with van der Waals surface area (Å²) in [6.45, 7) is 1.26. The molecular weight excluding hydrogens is 232 g/mol. The van der Waals surface area contributed by atoms with Crippen LogP contribution in [0.3, 0.4) is 0 Å². The van der Waals surface area contributed by atoms with E-state index in [-0.39, 0.29) is 23.2 Å². The van der Waals surface area contributed by atoms with Crippen molar-refractivity contribution in [3.8, 4) is 11.5 Å². The van der Waals surface area contributed by atoms with Gasteiger partial charge in [-0.25, -0.2) is 0 Å². The van der Waals surface area contributed by atoms with Crippen LogP contribution in [0.15, 0.2) is 18.2 Å². The lowest BCUT2D eigenvalue weighted by Crippen LogP contribution is -2.46. The van der Waals surface area contributed by atoms with Crippen LogP contribution in [0, 0.1) is 5.92 Å². The summed E-state index contributed by atoms with van der Waals surface area (Å²) >= 11 is 0. The average Bonchev–Trinajstić information content (AvgIpc) is 2.47. The molecule has 1 aromatic carbocycles. The van der Waals surface area contributed by atoms with E-state index < -0.39 is 6.29 Å². The van der Waals surface area contributed by atoms with Gasteiger partial charge in [0.15, 0.2) is 17.3 Å². The molecular formula is C11H9F2NO3. The summed E-state index contributed by atoms with van der Waals surface area (Å²) in [5, 5.41) is 2.98. The maximum absolute atomic E-state index is 12.8. The van der Waals surface area contributed by atoms with Crippen molar-refractivity contribution < 1.29 is 23.0 Å². The van der Waals surface area contributed by atoms with E-state index in [0.717, 1.165) is 0 Å². The second kappa shape index (κ2) is 3.40. The zero-order valence-electron chi connectivity index (χ0n) is 8.70. The van der Waals surface area contributed by atoms with Crippen LogP contribution >= 0.6 is 0 Å². The molecule has 0 aliphatic carbocycles. The first-order valence-corrected chi connectivity index (χ1v) is 5.20. The van der Waals surface area contributed by atoms with Gasteiger partial charge in [-0.1, -0.05) is 0 Å². The predicted molar refractivity (Wildman–Crippen MR) is 53.3 cm³/mol. The molecule has 1 fully saturated rings. The predicted octanol–water partition coefficient (Wildman–Crippen LogP) is 1.41. The summed E-state index contributed by atoms with van der Waals surface area (Å²) in [7, 11) is 0.